The second-order valence-electron chi connectivity index (χ2n) is 6.20. The molecular formula is C15H21N3O2. The average Bonchev–Trinajstić information content (AvgIpc) is 2.85. The van der Waals surface area contributed by atoms with E-state index in [1.807, 2.05) is 24.3 Å². The number of amides is 2. The first-order chi connectivity index (χ1) is 9.48. The van der Waals surface area contributed by atoms with Gasteiger partial charge >= 0.3 is 6.03 Å². The van der Waals surface area contributed by atoms with Crippen LogP contribution in [0.25, 0.3) is 0 Å². The molecule has 1 aliphatic heterocycles. The summed E-state index contributed by atoms with van der Waals surface area (Å²) in [5, 5.41) is 16.0. The van der Waals surface area contributed by atoms with E-state index in [9.17, 15) is 9.90 Å². The van der Waals surface area contributed by atoms with Gasteiger partial charge in [-0.3, -0.25) is 4.90 Å². The van der Waals surface area contributed by atoms with Crippen molar-refractivity contribution in [2.75, 3.05) is 23.3 Å². The zero-order valence-electron chi connectivity index (χ0n) is 11.9. The third-order valence-corrected chi connectivity index (χ3v) is 4.57. The molecule has 1 saturated heterocycles. The number of nitrogens with one attached hydrogen (secondary N) is 2. The van der Waals surface area contributed by atoms with Crippen LogP contribution in [0.4, 0.5) is 16.2 Å². The summed E-state index contributed by atoms with van der Waals surface area (Å²) < 4.78 is 0. The van der Waals surface area contributed by atoms with Gasteiger partial charge in [-0.15, -0.1) is 0 Å². The SMILES string of the molecule is CC1(C)C(O)CC1Nc1cccc(N2CCNC2=O)c1. The van der Waals surface area contributed by atoms with Crippen LogP contribution in [-0.4, -0.2) is 36.4 Å². The zero-order valence-corrected chi connectivity index (χ0v) is 11.9. The Balaban J connectivity index is 1.74. The number of urea groups is 1. The number of hydrogen-bond acceptors (Lipinski definition) is 3. The summed E-state index contributed by atoms with van der Waals surface area (Å²) in [4.78, 5) is 13.4. The van der Waals surface area contributed by atoms with Crippen LogP contribution in [0, 0.1) is 5.41 Å². The van der Waals surface area contributed by atoms with Crippen molar-refractivity contribution in [3.8, 4) is 0 Å². The van der Waals surface area contributed by atoms with Gasteiger partial charge in [-0.1, -0.05) is 19.9 Å². The maximum Gasteiger partial charge on any atom is 0.321 e. The maximum absolute atomic E-state index is 11.7. The molecule has 1 aromatic carbocycles. The molecule has 0 radical (unpaired) electrons. The summed E-state index contributed by atoms with van der Waals surface area (Å²) >= 11 is 0. The standard InChI is InChI=1S/C15H21N3O2/c1-15(2)12(9-13(15)19)17-10-4-3-5-11(8-10)18-7-6-16-14(18)20/h3-5,8,12-13,17,19H,6-7,9H2,1-2H3,(H,16,20). The Hall–Kier alpha value is -1.75. The van der Waals surface area contributed by atoms with Gasteiger partial charge in [0.05, 0.1) is 6.10 Å². The van der Waals surface area contributed by atoms with Gasteiger partial charge in [0, 0.05) is 35.9 Å². The minimum absolute atomic E-state index is 0.0402. The Labute approximate surface area is 119 Å². The molecule has 20 heavy (non-hydrogen) atoms. The number of benzene rings is 1. The molecule has 1 saturated carbocycles. The third kappa shape index (κ3) is 2.12. The van der Waals surface area contributed by atoms with Gasteiger partial charge in [0.1, 0.15) is 0 Å². The Bertz CT molecular complexity index is 530. The average molecular weight is 275 g/mol. The summed E-state index contributed by atoms with van der Waals surface area (Å²) in [6.07, 6.45) is 0.522. The maximum atomic E-state index is 11.7. The van der Waals surface area contributed by atoms with Crippen molar-refractivity contribution < 1.29 is 9.90 Å². The molecule has 2 atom stereocenters. The van der Waals surface area contributed by atoms with E-state index in [0.29, 0.717) is 13.1 Å². The highest BCUT2D eigenvalue weighted by atomic mass is 16.3. The monoisotopic (exact) mass is 275 g/mol. The van der Waals surface area contributed by atoms with Gasteiger partial charge in [-0.25, -0.2) is 4.79 Å². The third-order valence-electron chi connectivity index (χ3n) is 4.57. The van der Waals surface area contributed by atoms with Crippen LogP contribution in [-0.2, 0) is 0 Å². The van der Waals surface area contributed by atoms with Gasteiger partial charge in [-0.2, -0.15) is 0 Å². The van der Waals surface area contributed by atoms with Crippen molar-refractivity contribution in [3.05, 3.63) is 24.3 Å². The van der Waals surface area contributed by atoms with Gasteiger partial charge in [0.25, 0.3) is 0 Å². The van der Waals surface area contributed by atoms with Crippen molar-refractivity contribution in [3.63, 3.8) is 0 Å². The number of nitrogens with zero attached hydrogens (tertiary/aromatic N) is 1. The summed E-state index contributed by atoms with van der Waals surface area (Å²) in [6.45, 7) is 5.53. The molecule has 108 valence electrons. The molecular weight excluding hydrogens is 254 g/mol. The fourth-order valence-corrected chi connectivity index (χ4v) is 2.83. The summed E-state index contributed by atoms with van der Waals surface area (Å²) in [6, 6.07) is 8.10. The number of aliphatic hydroxyl groups excluding tert-OH is 1. The first-order valence-corrected chi connectivity index (χ1v) is 7.08. The molecule has 2 aliphatic rings. The fourth-order valence-electron chi connectivity index (χ4n) is 2.83. The van der Waals surface area contributed by atoms with E-state index in [1.165, 1.54) is 0 Å². The predicted molar refractivity (Wildman–Crippen MR) is 79.0 cm³/mol. The van der Waals surface area contributed by atoms with E-state index >= 15 is 0 Å². The minimum Gasteiger partial charge on any atom is -0.392 e. The predicted octanol–water partition coefficient (Wildman–Crippen LogP) is 1.79. The molecule has 1 heterocycles. The van der Waals surface area contributed by atoms with Crippen LogP contribution in [0.2, 0.25) is 0 Å². The molecule has 5 heteroatoms. The Morgan fingerprint density at radius 3 is 2.85 bits per heavy atom. The second-order valence-corrected chi connectivity index (χ2v) is 6.20. The van der Waals surface area contributed by atoms with E-state index in [4.69, 9.17) is 0 Å². The topological polar surface area (TPSA) is 64.6 Å². The number of carbonyl (C=O) groups excluding carboxylic acids is 1. The molecule has 1 aromatic rings. The molecule has 1 aliphatic carbocycles. The molecule has 2 fully saturated rings. The smallest absolute Gasteiger partial charge is 0.321 e. The van der Waals surface area contributed by atoms with Crippen LogP contribution < -0.4 is 15.5 Å². The lowest BCUT2D eigenvalue weighted by atomic mass is 9.64. The lowest BCUT2D eigenvalue weighted by Gasteiger charge is -2.49. The molecule has 2 amide bonds. The van der Waals surface area contributed by atoms with Crippen molar-refractivity contribution >= 4 is 17.4 Å². The van der Waals surface area contributed by atoms with E-state index in [2.05, 4.69) is 24.5 Å². The number of hydrogen-bond donors (Lipinski definition) is 3. The first-order valence-electron chi connectivity index (χ1n) is 7.08. The Kier molecular flexibility index (Phi) is 3.09. The van der Waals surface area contributed by atoms with E-state index in [-0.39, 0.29) is 23.6 Å². The number of carbonyl (C=O) groups is 1. The van der Waals surface area contributed by atoms with Crippen molar-refractivity contribution in [2.24, 2.45) is 5.41 Å². The van der Waals surface area contributed by atoms with Gasteiger partial charge in [-0.05, 0) is 24.6 Å². The second kappa shape index (κ2) is 4.66. The normalized spacial score (nSPS) is 27.9. The van der Waals surface area contributed by atoms with Gasteiger partial charge in [0.15, 0.2) is 0 Å². The Morgan fingerprint density at radius 2 is 2.25 bits per heavy atom. The number of anilines is 2. The Morgan fingerprint density at radius 1 is 1.45 bits per heavy atom. The number of rotatable bonds is 3. The lowest BCUT2D eigenvalue weighted by Crippen LogP contribution is -2.56. The molecule has 0 spiro atoms. The lowest BCUT2D eigenvalue weighted by molar-refractivity contribution is -0.0510. The van der Waals surface area contributed by atoms with E-state index in [0.717, 1.165) is 17.8 Å². The molecule has 3 N–H and O–H groups in total. The quantitative estimate of drug-likeness (QED) is 0.788. The summed E-state index contributed by atoms with van der Waals surface area (Å²) in [7, 11) is 0. The van der Waals surface area contributed by atoms with Crippen LogP contribution >= 0.6 is 0 Å². The van der Waals surface area contributed by atoms with Crippen molar-refractivity contribution in [2.45, 2.75) is 32.4 Å². The molecule has 0 aromatic heterocycles. The van der Waals surface area contributed by atoms with Crippen molar-refractivity contribution in [1.29, 1.82) is 0 Å². The molecule has 2 unspecified atom stereocenters. The van der Waals surface area contributed by atoms with Crippen LogP contribution in [0.5, 0.6) is 0 Å². The molecule has 3 rings (SSSR count). The van der Waals surface area contributed by atoms with Gasteiger partial charge in [0.2, 0.25) is 0 Å². The van der Waals surface area contributed by atoms with E-state index in [1.54, 1.807) is 4.90 Å². The molecule has 0 bridgehead atoms. The highest BCUT2D eigenvalue weighted by molar-refractivity contribution is 5.94. The van der Waals surface area contributed by atoms with Crippen LogP contribution in [0.3, 0.4) is 0 Å². The number of aliphatic hydroxyl groups is 1. The minimum atomic E-state index is -0.243. The van der Waals surface area contributed by atoms with Crippen LogP contribution in [0.15, 0.2) is 24.3 Å². The summed E-state index contributed by atoms with van der Waals surface area (Å²) in [5.41, 5.74) is 1.79. The van der Waals surface area contributed by atoms with E-state index < -0.39 is 0 Å². The first kappa shape index (κ1) is 13.2. The molecule has 5 nitrogen and oxygen atoms in total. The highest BCUT2D eigenvalue weighted by Gasteiger charge is 2.47. The largest absolute Gasteiger partial charge is 0.392 e. The fraction of sp³-hybridized carbons (Fsp3) is 0.533. The zero-order chi connectivity index (χ0) is 14.3. The van der Waals surface area contributed by atoms with Gasteiger partial charge < -0.3 is 15.7 Å². The van der Waals surface area contributed by atoms with Crippen LogP contribution in [0.1, 0.15) is 20.3 Å². The highest BCUT2D eigenvalue weighted by Crippen LogP contribution is 2.42. The summed E-state index contributed by atoms with van der Waals surface area (Å²) in [5.74, 6) is 0. The van der Waals surface area contributed by atoms with Crippen molar-refractivity contribution in [1.82, 2.24) is 5.32 Å².